The molecule has 23 heavy (non-hydrogen) atoms. The number of halogens is 1. The van der Waals surface area contributed by atoms with Crippen LogP contribution < -0.4 is 14.2 Å². The van der Waals surface area contributed by atoms with Crippen molar-refractivity contribution in [3.63, 3.8) is 0 Å². The van der Waals surface area contributed by atoms with Crippen molar-refractivity contribution < 1.29 is 28.6 Å². The molecule has 0 heterocycles. The summed E-state index contributed by atoms with van der Waals surface area (Å²) < 4.78 is 15.4. The lowest BCUT2D eigenvalue weighted by molar-refractivity contribution is -0.134. The molecule has 7 heteroatoms. The summed E-state index contributed by atoms with van der Waals surface area (Å²) in [5, 5.41) is 1.24. The number of fused-ring (bicyclic) bond motifs is 1. The second-order valence-corrected chi connectivity index (χ2v) is 5.11. The van der Waals surface area contributed by atoms with E-state index in [1.54, 1.807) is 12.1 Å². The Morgan fingerprint density at radius 3 is 1.91 bits per heavy atom. The Labute approximate surface area is 136 Å². The van der Waals surface area contributed by atoms with Gasteiger partial charge in [0.15, 0.2) is 11.5 Å². The first-order valence-corrected chi connectivity index (χ1v) is 6.97. The summed E-state index contributed by atoms with van der Waals surface area (Å²) in [4.78, 5) is 33.9. The fourth-order valence-corrected chi connectivity index (χ4v) is 2.21. The van der Waals surface area contributed by atoms with Gasteiger partial charge in [-0.1, -0.05) is 11.6 Å². The van der Waals surface area contributed by atoms with E-state index < -0.39 is 17.9 Å². The first-order valence-electron chi connectivity index (χ1n) is 6.59. The third kappa shape index (κ3) is 3.98. The van der Waals surface area contributed by atoms with Gasteiger partial charge >= 0.3 is 17.9 Å². The van der Waals surface area contributed by atoms with Gasteiger partial charge in [-0.05, 0) is 18.2 Å². The van der Waals surface area contributed by atoms with Gasteiger partial charge < -0.3 is 14.2 Å². The zero-order valence-corrected chi connectivity index (χ0v) is 13.4. The van der Waals surface area contributed by atoms with Gasteiger partial charge in [0, 0.05) is 42.6 Å². The van der Waals surface area contributed by atoms with Gasteiger partial charge in [-0.3, -0.25) is 14.4 Å². The van der Waals surface area contributed by atoms with Crippen LogP contribution >= 0.6 is 11.6 Å². The Balaban J connectivity index is 2.80. The Morgan fingerprint density at radius 1 is 0.783 bits per heavy atom. The van der Waals surface area contributed by atoms with Crippen molar-refractivity contribution in [3.05, 3.63) is 29.3 Å². The van der Waals surface area contributed by atoms with Gasteiger partial charge in [-0.2, -0.15) is 0 Å². The third-order valence-electron chi connectivity index (χ3n) is 2.73. The fourth-order valence-electron chi connectivity index (χ4n) is 2.03. The molecule has 2 aromatic rings. The van der Waals surface area contributed by atoms with Crippen molar-refractivity contribution in [1.82, 2.24) is 0 Å². The van der Waals surface area contributed by atoms with Crippen LogP contribution in [0.5, 0.6) is 17.2 Å². The van der Waals surface area contributed by atoms with Crippen molar-refractivity contribution in [1.29, 1.82) is 0 Å². The van der Waals surface area contributed by atoms with Crippen LogP contribution in [-0.2, 0) is 14.4 Å². The van der Waals surface area contributed by atoms with Gasteiger partial charge in [0.1, 0.15) is 5.75 Å². The predicted octanol–water partition coefficient (Wildman–Crippen LogP) is 3.27. The summed E-state index contributed by atoms with van der Waals surface area (Å²) in [5.74, 6) is -1.61. The monoisotopic (exact) mass is 336 g/mol. The Kier molecular flexibility index (Phi) is 4.86. The molecular weight excluding hydrogens is 324 g/mol. The van der Waals surface area contributed by atoms with Crippen molar-refractivity contribution in [3.8, 4) is 17.2 Å². The average molecular weight is 337 g/mol. The van der Waals surface area contributed by atoms with Crippen LogP contribution in [0.2, 0.25) is 5.02 Å². The second-order valence-electron chi connectivity index (χ2n) is 4.67. The van der Waals surface area contributed by atoms with Gasteiger partial charge in [0.25, 0.3) is 0 Å². The average Bonchev–Trinajstić information content (AvgIpc) is 2.41. The third-order valence-corrected chi connectivity index (χ3v) is 2.97. The summed E-state index contributed by atoms with van der Waals surface area (Å²) in [6, 6.07) is 6.05. The van der Waals surface area contributed by atoms with E-state index in [-0.39, 0.29) is 17.2 Å². The van der Waals surface area contributed by atoms with E-state index in [2.05, 4.69) is 0 Å². The van der Waals surface area contributed by atoms with E-state index in [4.69, 9.17) is 25.8 Å². The summed E-state index contributed by atoms with van der Waals surface area (Å²) in [6.07, 6.45) is 0. The first kappa shape index (κ1) is 16.8. The molecular formula is C16H13ClO6. The maximum Gasteiger partial charge on any atom is 0.308 e. The topological polar surface area (TPSA) is 78.9 Å². The highest BCUT2D eigenvalue weighted by Crippen LogP contribution is 2.43. The van der Waals surface area contributed by atoms with Crippen LogP contribution in [-0.4, -0.2) is 17.9 Å². The number of hydrogen-bond donors (Lipinski definition) is 0. The second kappa shape index (κ2) is 6.66. The van der Waals surface area contributed by atoms with E-state index in [9.17, 15) is 14.4 Å². The molecule has 2 rings (SSSR count). The quantitative estimate of drug-likeness (QED) is 0.632. The van der Waals surface area contributed by atoms with Gasteiger partial charge in [-0.15, -0.1) is 0 Å². The molecule has 0 N–H and O–H groups in total. The summed E-state index contributed by atoms with van der Waals surface area (Å²) in [6.45, 7) is 3.66. The minimum Gasteiger partial charge on any atom is -0.426 e. The van der Waals surface area contributed by atoms with Crippen molar-refractivity contribution in [2.45, 2.75) is 20.8 Å². The first-order chi connectivity index (χ1) is 10.8. The van der Waals surface area contributed by atoms with Crippen LogP contribution in [0, 0.1) is 0 Å². The summed E-state index contributed by atoms with van der Waals surface area (Å²) in [5.41, 5.74) is 0. The smallest absolute Gasteiger partial charge is 0.308 e. The molecule has 0 atom stereocenters. The zero-order chi connectivity index (χ0) is 17.1. The molecule has 0 radical (unpaired) electrons. The van der Waals surface area contributed by atoms with Crippen molar-refractivity contribution >= 4 is 40.3 Å². The molecule has 2 aromatic carbocycles. The van der Waals surface area contributed by atoms with Crippen LogP contribution in [0.3, 0.4) is 0 Å². The number of benzene rings is 2. The summed E-state index contributed by atoms with van der Waals surface area (Å²) >= 11 is 5.99. The molecule has 0 aliphatic rings. The largest absolute Gasteiger partial charge is 0.426 e. The molecule has 0 aromatic heterocycles. The number of carbonyl (C=O) groups is 3. The fraction of sp³-hybridized carbons (Fsp3) is 0.188. The van der Waals surface area contributed by atoms with Gasteiger partial charge in [-0.25, -0.2) is 0 Å². The highest BCUT2D eigenvalue weighted by Gasteiger charge is 2.19. The molecule has 0 bridgehead atoms. The lowest BCUT2D eigenvalue weighted by atomic mass is 10.1. The number of ether oxygens (including phenoxy) is 3. The Hall–Kier alpha value is -2.60. The Bertz CT molecular complexity index is 812. The lowest BCUT2D eigenvalue weighted by Crippen LogP contribution is -2.09. The van der Waals surface area contributed by atoms with E-state index in [0.29, 0.717) is 15.8 Å². The van der Waals surface area contributed by atoms with Gasteiger partial charge in [0.05, 0.1) is 0 Å². The highest BCUT2D eigenvalue weighted by molar-refractivity contribution is 6.31. The number of carbonyl (C=O) groups excluding carboxylic acids is 3. The van der Waals surface area contributed by atoms with E-state index >= 15 is 0 Å². The molecule has 120 valence electrons. The minimum absolute atomic E-state index is 0.0288. The molecule has 0 aliphatic carbocycles. The number of hydrogen-bond acceptors (Lipinski definition) is 6. The molecule has 6 nitrogen and oxygen atoms in total. The maximum absolute atomic E-state index is 11.4. The van der Waals surface area contributed by atoms with Crippen molar-refractivity contribution in [2.75, 3.05) is 0 Å². The number of esters is 3. The Morgan fingerprint density at radius 2 is 1.35 bits per heavy atom. The zero-order valence-electron chi connectivity index (χ0n) is 12.6. The minimum atomic E-state index is -0.617. The van der Waals surface area contributed by atoms with E-state index in [1.165, 1.54) is 32.9 Å². The van der Waals surface area contributed by atoms with Crippen LogP contribution in [0.15, 0.2) is 24.3 Å². The lowest BCUT2D eigenvalue weighted by Gasteiger charge is -2.15. The molecule has 0 spiro atoms. The molecule has 0 aliphatic heterocycles. The van der Waals surface area contributed by atoms with Crippen LogP contribution in [0.4, 0.5) is 0 Å². The number of rotatable bonds is 3. The normalized spacial score (nSPS) is 10.3. The SMILES string of the molecule is CC(=O)Oc1cc(OC(C)=O)c2ccc(Cl)cc2c1OC(C)=O. The molecule has 0 saturated carbocycles. The molecule has 0 unspecified atom stereocenters. The molecule has 0 saturated heterocycles. The van der Waals surface area contributed by atoms with Gasteiger partial charge in [0.2, 0.25) is 0 Å². The standard InChI is InChI=1S/C16H13ClO6/c1-8(18)21-14-7-15(22-9(2)19)16(23-10(3)20)13-6-11(17)4-5-12(13)14/h4-7H,1-3H3. The molecule has 0 fully saturated rings. The van der Waals surface area contributed by atoms with Crippen molar-refractivity contribution in [2.24, 2.45) is 0 Å². The van der Waals surface area contributed by atoms with Crippen LogP contribution in [0.1, 0.15) is 20.8 Å². The predicted molar refractivity (Wildman–Crippen MR) is 82.9 cm³/mol. The highest BCUT2D eigenvalue weighted by atomic mass is 35.5. The summed E-state index contributed by atoms with van der Waals surface area (Å²) in [7, 11) is 0. The van der Waals surface area contributed by atoms with Crippen LogP contribution in [0.25, 0.3) is 10.8 Å². The molecule has 0 amide bonds. The maximum atomic E-state index is 11.4. The van der Waals surface area contributed by atoms with E-state index in [0.717, 1.165) is 0 Å². The van der Waals surface area contributed by atoms with E-state index in [1.807, 2.05) is 0 Å².